The third-order valence-electron chi connectivity index (χ3n) is 2.21. The number of amides is 3. The van der Waals surface area contributed by atoms with Crippen LogP contribution < -0.4 is 20.5 Å². The van der Waals surface area contributed by atoms with Gasteiger partial charge in [-0.25, -0.2) is 9.59 Å². The summed E-state index contributed by atoms with van der Waals surface area (Å²) >= 11 is 0. The molecule has 1 aromatic rings. The van der Waals surface area contributed by atoms with Crippen molar-refractivity contribution < 1.29 is 37.4 Å². The second-order valence-corrected chi connectivity index (χ2v) is 3.73. The van der Waals surface area contributed by atoms with Crippen LogP contribution in [0.15, 0.2) is 18.2 Å². The molecule has 0 fully saturated rings. The molecule has 0 aliphatic rings. The summed E-state index contributed by atoms with van der Waals surface area (Å²) in [6, 6.07) is 2.25. The number of carbonyl (C=O) groups excluding carboxylic acids is 3. The maximum Gasteiger partial charge on any atom is 0.387 e. The Morgan fingerprint density at radius 2 is 1.95 bits per heavy atom. The lowest BCUT2D eigenvalue weighted by Gasteiger charge is -2.11. The number of hydrogen-bond acceptors (Lipinski definition) is 6. The molecule has 0 radical (unpaired) electrons. The number of ether oxygens (including phenoxy) is 3. The van der Waals surface area contributed by atoms with E-state index in [-0.39, 0.29) is 17.1 Å². The quantitative estimate of drug-likeness (QED) is 0.744. The molecule has 0 spiro atoms. The van der Waals surface area contributed by atoms with Gasteiger partial charge in [0.2, 0.25) is 0 Å². The molecule has 0 bridgehead atoms. The highest BCUT2D eigenvalue weighted by molar-refractivity contribution is 5.96. The summed E-state index contributed by atoms with van der Waals surface area (Å²) < 4.78 is 37.9. The van der Waals surface area contributed by atoms with E-state index in [4.69, 9.17) is 10.5 Å². The van der Waals surface area contributed by atoms with E-state index in [2.05, 4.69) is 9.47 Å². The van der Waals surface area contributed by atoms with Gasteiger partial charge in [0, 0.05) is 0 Å². The number of esters is 1. The molecule has 1 rings (SSSR count). The molecule has 0 aromatic heterocycles. The van der Waals surface area contributed by atoms with Crippen LogP contribution in [0.2, 0.25) is 0 Å². The first-order valence-electron chi connectivity index (χ1n) is 5.72. The minimum Gasteiger partial charge on any atom is -0.493 e. The fourth-order valence-corrected chi connectivity index (χ4v) is 1.38. The number of primary amides is 1. The number of benzene rings is 1. The van der Waals surface area contributed by atoms with Crippen LogP contribution in [0.1, 0.15) is 10.4 Å². The second kappa shape index (κ2) is 7.76. The predicted octanol–water partition coefficient (Wildman–Crippen LogP) is 0.648. The Bertz CT molecular complexity index is 579. The Morgan fingerprint density at radius 1 is 1.27 bits per heavy atom. The highest BCUT2D eigenvalue weighted by Crippen LogP contribution is 2.29. The molecule has 22 heavy (non-hydrogen) atoms. The van der Waals surface area contributed by atoms with E-state index in [0.29, 0.717) is 0 Å². The van der Waals surface area contributed by atoms with Gasteiger partial charge in [0.25, 0.3) is 5.91 Å². The number of nitrogens with two attached hydrogens (primary N) is 1. The third kappa shape index (κ3) is 5.23. The van der Waals surface area contributed by atoms with E-state index in [0.717, 1.165) is 18.2 Å². The summed E-state index contributed by atoms with van der Waals surface area (Å²) in [4.78, 5) is 33.1. The van der Waals surface area contributed by atoms with E-state index in [1.807, 2.05) is 0 Å². The molecule has 0 heterocycles. The van der Waals surface area contributed by atoms with Gasteiger partial charge in [-0.2, -0.15) is 8.78 Å². The normalized spacial score (nSPS) is 10.0. The van der Waals surface area contributed by atoms with Gasteiger partial charge < -0.3 is 19.9 Å². The SMILES string of the molecule is COc1cc(C(=O)OCC(=O)NC(N)=O)ccc1OC(F)F. The average Bonchev–Trinajstić information content (AvgIpc) is 2.43. The maximum absolute atomic E-state index is 12.2. The van der Waals surface area contributed by atoms with Crippen LogP contribution >= 0.6 is 0 Å². The lowest BCUT2D eigenvalue weighted by Crippen LogP contribution is -2.37. The Kier molecular flexibility index (Phi) is 6.05. The summed E-state index contributed by atoms with van der Waals surface area (Å²) in [6.07, 6.45) is 0. The first-order valence-corrected chi connectivity index (χ1v) is 5.72. The summed E-state index contributed by atoms with van der Waals surface area (Å²) in [6.45, 7) is -3.79. The zero-order valence-corrected chi connectivity index (χ0v) is 11.3. The third-order valence-corrected chi connectivity index (χ3v) is 2.21. The lowest BCUT2D eigenvalue weighted by atomic mass is 10.2. The zero-order valence-electron chi connectivity index (χ0n) is 11.3. The van der Waals surface area contributed by atoms with Crippen LogP contribution in [-0.2, 0) is 9.53 Å². The van der Waals surface area contributed by atoms with Crippen LogP contribution in [0.5, 0.6) is 11.5 Å². The van der Waals surface area contributed by atoms with Crippen molar-refractivity contribution in [3.05, 3.63) is 23.8 Å². The molecule has 8 nitrogen and oxygen atoms in total. The van der Waals surface area contributed by atoms with Crippen LogP contribution in [-0.4, -0.2) is 38.2 Å². The summed E-state index contributed by atoms with van der Waals surface area (Å²) in [5, 5.41) is 1.70. The molecule has 0 saturated carbocycles. The molecule has 10 heteroatoms. The molecular formula is C12H12F2N2O6. The maximum atomic E-state index is 12.2. The second-order valence-electron chi connectivity index (χ2n) is 3.73. The Hall–Kier alpha value is -2.91. The van der Waals surface area contributed by atoms with Crippen LogP contribution in [0.25, 0.3) is 0 Å². The largest absolute Gasteiger partial charge is 0.493 e. The van der Waals surface area contributed by atoms with E-state index in [1.165, 1.54) is 7.11 Å². The number of hydrogen-bond donors (Lipinski definition) is 2. The summed E-state index contributed by atoms with van der Waals surface area (Å²) in [5.74, 6) is -2.22. The van der Waals surface area contributed by atoms with Gasteiger partial charge >= 0.3 is 18.6 Å². The van der Waals surface area contributed by atoms with Gasteiger partial charge in [-0.15, -0.1) is 0 Å². The van der Waals surface area contributed by atoms with Crippen molar-refractivity contribution in [2.24, 2.45) is 5.73 Å². The summed E-state index contributed by atoms with van der Waals surface area (Å²) in [7, 11) is 1.20. The molecule has 0 atom stereocenters. The molecule has 0 aliphatic heterocycles. The van der Waals surface area contributed by atoms with Crippen molar-refractivity contribution in [3.8, 4) is 11.5 Å². The number of nitrogens with one attached hydrogen (secondary N) is 1. The Morgan fingerprint density at radius 3 is 2.50 bits per heavy atom. The number of rotatable bonds is 6. The predicted molar refractivity (Wildman–Crippen MR) is 67.6 cm³/mol. The van der Waals surface area contributed by atoms with Crippen molar-refractivity contribution in [2.45, 2.75) is 6.61 Å². The van der Waals surface area contributed by atoms with Crippen molar-refractivity contribution in [1.82, 2.24) is 5.32 Å². The summed E-state index contributed by atoms with van der Waals surface area (Å²) in [5.41, 5.74) is 4.64. The Balaban J connectivity index is 2.73. The molecule has 0 unspecified atom stereocenters. The van der Waals surface area contributed by atoms with Crippen molar-refractivity contribution >= 4 is 17.9 Å². The van der Waals surface area contributed by atoms with Gasteiger partial charge in [-0.3, -0.25) is 10.1 Å². The zero-order chi connectivity index (χ0) is 16.7. The van der Waals surface area contributed by atoms with Gasteiger partial charge in [-0.1, -0.05) is 0 Å². The van der Waals surface area contributed by atoms with Crippen molar-refractivity contribution in [1.29, 1.82) is 0 Å². The van der Waals surface area contributed by atoms with Crippen LogP contribution in [0.4, 0.5) is 13.6 Å². The van der Waals surface area contributed by atoms with Crippen molar-refractivity contribution in [3.63, 3.8) is 0 Å². The van der Waals surface area contributed by atoms with E-state index >= 15 is 0 Å². The first kappa shape index (κ1) is 17.1. The highest BCUT2D eigenvalue weighted by Gasteiger charge is 2.16. The number of imide groups is 1. The van der Waals surface area contributed by atoms with E-state index in [1.54, 1.807) is 5.32 Å². The minimum atomic E-state index is -3.05. The molecule has 0 aliphatic carbocycles. The van der Waals surface area contributed by atoms with Crippen LogP contribution in [0.3, 0.4) is 0 Å². The number of urea groups is 1. The fourth-order valence-electron chi connectivity index (χ4n) is 1.38. The molecular weight excluding hydrogens is 306 g/mol. The smallest absolute Gasteiger partial charge is 0.387 e. The standard InChI is InChI=1S/C12H12F2N2O6/c1-20-8-4-6(2-3-7(8)22-11(13)14)10(18)21-5-9(17)16-12(15)19/h2-4,11H,5H2,1H3,(H3,15,16,17,19). The molecule has 0 saturated heterocycles. The number of halogens is 2. The molecule has 1 aromatic carbocycles. The molecule has 3 N–H and O–H groups in total. The van der Waals surface area contributed by atoms with Gasteiger partial charge in [0.05, 0.1) is 12.7 Å². The van der Waals surface area contributed by atoms with Gasteiger partial charge in [0.15, 0.2) is 18.1 Å². The Labute approximate surface area is 123 Å². The monoisotopic (exact) mass is 318 g/mol. The van der Waals surface area contributed by atoms with E-state index in [9.17, 15) is 23.2 Å². The van der Waals surface area contributed by atoms with Crippen molar-refractivity contribution in [2.75, 3.05) is 13.7 Å². The van der Waals surface area contributed by atoms with E-state index < -0.39 is 31.1 Å². The average molecular weight is 318 g/mol. The number of alkyl halides is 2. The van der Waals surface area contributed by atoms with Gasteiger partial charge in [-0.05, 0) is 18.2 Å². The van der Waals surface area contributed by atoms with Gasteiger partial charge in [0.1, 0.15) is 0 Å². The number of carbonyl (C=O) groups is 3. The highest BCUT2D eigenvalue weighted by atomic mass is 19.3. The first-order chi connectivity index (χ1) is 10.3. The van der Waals surface area contributed by atoms with Crippen LogP contribution in [0, 0.1) is 0 Å². The fraction of sp³-hybridized carbons (Fsp3) is 0.250. The number of methoxy groups -OCH3 is 1. The topological polar surface area (TPSA) is 117 Å². The molecule has 120 valence electrons. The molecule has 3 amide bonds. The lowest BCUT2D eigenvalue weighted by molar-refractivity contribution is -0.123. The minimum absolute atomic E-state index is 0.0645.